The average Bonchev–Trinajstić information content (AvgIpc) is 2.07. The molecule has 0 aliphatic rings. The van der Waals surface area contributed by atoms with Crippen molar-refractivity contribution in [3.8, 4) is 0 Å². The molecule has 1 heterocycles. The maximum atomic E-state index is 10.7. The Morgan fingerprint density at radius 3 is 2.46 bits per heavy atom. The van der Waals surface area contributed by atoms with Crippen LogP contribution in [0.15, 0.2) is 8.95 Å². The van der Waals surface area contributed by atoms with E-state index >= 15 is 0 Å². The van der Waals surface area contributed by atoms with Gasteiger partial charge in [0.05, 0.1) is 8.95 Å². The van der Waals surface area contributed by atoms with Crippen LogP contribution in [0.5, 0.6) is 0 Å². The minimum Gasteiger partial charge on any atom is -0.476 e. The number of halogens is 2. The first-order valence-electron chi connectivity index (χ1n) is 3.29. The second-order valence-electron chi connectivity index (χ2n) is 2.40. The molecule has 0 radical (unpaired) electrons. The number of carboxylic acids is 1. The van der Waals surface area contributed by atoms with Gasteiger partial charge in [0.1, 0.15) is 5.82 Å². The van der Waals surface area contributed by atoms with Gasteiger partial charge in [-0.05, 0) is 44.3 Å². The van der Waals surface area contributed by atoms with Crippen LogP contribution >= 0.6 is 31.9 Å². The molecule has 3 N–H and O–H groups in total. The van der Waals surface area contributed by atoms with Gasteiger partial charge in [0.2, 0.25) is 0 Å². The fraction of sp³-hybridized carbons (Fsp3) is 0.143. The summed E-state index contributed by atoms with van der Waals surface area (Å²) in [6.45, 7) is 1.75. The van der Waals surface area contributed by atoms with E-state index in [1.54, 1.807) is 6.92 Å². The van der Waals surface area contributed by atoms with Crippen molar-refractivity contribution in [2.45, 2.75) is 6.92 Å². The molecule has 0 aliphatic heterocycles. The number of rotatable bonds is 1. The number of nitrogen functional groups attached to an aromatic ring is 1. The van der Waals surface area contributed by atoms with Gasteiger partial charge in [-0.25, -0.2) is 9.78 Å². The van der Waals surface area contributed by atoms with Crippen LogP contribution in [0.4, 0.5) is 5.82 Å². The summed E-state index contributed by atoms with van der Waals surface area (Å²) in [5.41, 5.74) is 6.14. The number of nitrogens with zero attached hydrogens (tertiary/aromatic N) is 1. The Bertz CT molecular complexity index is 379. The van der Waals surface area contributed by atoms with Gasteiger partial charge in [0.25, 0.3) is 0 Å². The predicted molar refractivity (Wildman–Crippen MR) is 55.7 cm³/mol. The number of anilines is 1. The molecular weight excluding hydrogens is 304 g/mol. The summed E-state index contributed by atoms with van der Waals surface area (Å²) in [5, 5.41) is 8.74. The molecule has 0 saturated heterocycles. The standard InChI is InChI=1S/C7H6Br2N2O2/c1-2-3(8)5(7(12)13)11-6(10)4(2)9/h1H3,(H2,10,11)(H,12,13). The molecular formula is C7H6Br2N2O2. The highest BCUT2D eigenvalue weighted by atomic mass is 79.9. The van der Waals surface area contributed by atoms with Gasteiger partial charge in [0.15, 0.2) is 5.69 Å². The first kappa shape index (κ1) is 10.5. The minimum absolute atomic E-state index is 0.0711. The van der Waals surface area contributed by atoms with Crippen molar-refractivity contribution in [3.63, 3.8) is 0 Å². The number of aromatic carboxylic acids is 1. The van der Waals surface area contributed by atoms with E-state index in [4.69, 9.17) is 10.8 Å². The molecule has 0 unspecified atom stereocenters. The SMILES string of the molecule is Cc1c(Br)c(N)nc(C(=O)O)c1Br. The largest absolute Gasteiger partial charge is 0.476 e. The second kappa shape index (κ2) is 3.63. The van der Waals surface area contributed by atoms with Crippen molar-refractivity contribution in [2.24, 2.45) is 0 Å². The van der Waals surface area contributed by atoms with Gasteiger partial charge in [0, 0.05) is 0 Å². The first-order chi connectivity index (χ1) is 5.95. The van der Waals surface area contributed by atoms with Gasteiger partial charge < -0.3 is 10.8 Å². The van der Waals surface area contributed by atoms with Crippen molar-refractivity contribution < 1.29 is 9.90 Å². The molecule has 13 heavy (non-hydrogen) atoms. The van der Waals surface area contributed by atoms with E-state index < -0.39 is 5.97 Å². The Kier molecular flexibility index (Phi) is 2.92. The lowest BCUT2D eigenvalue weighted by atomic mass is 10.2. The number of hydrogen-bond acceptors (Lipinski definition) is 3. The lowest BCUT2D eigenvalue weighted by Crippen LogP contribution is -2.06. The Balaban J connectivity index is 3.50. The van der Waals surface area contributed by atoms with Crippen LogP contribution in [-0.2, 0) is 0 Å². The fourth-order valence-electron chi connectivity index (χ4n) is 0.826. The molecule has 1 aromatic heterocycles. The van der Waals surface area contributed by atoms with E-state index in [0.29, 0.717) is 8.95 Å². The number of aromatic nitrogens is 1. The Labute approximate surface area is 91.4 Å². The zero-order chi connectivity index (χ0) is 10.2. The zero-order valence-corrected chi connectivity index (χ0v) is 9.81. The Hall–Kier alpha value is -0.620. The fourth-order valence-corrected chi connectivity index (χ4v) is 1.84. The van der Waals surface area contributed by atoms with Crippen LogP contribution in [0.3, 0.4) is 0 Å². The third kappa shape index (κ3) is 1.83. The lowest BCUT2D eigenvalue weighted by Gasteiger charge is -2.06. The summed E-state index contributed by atoms with van der Waals surface area (Å²) in [6, 6.07) is 0. The summed E-state index contributed by atoms with van der Waals surface area (Å²) in [5.74, 6) is -0.924. The van der Waals surface area contributed by atoms with Crippen molar-refractivity contribution >= 4 is 43.6 Å². The van der Waals surface area contributed by atoms with E-state index in [9.17, 15) is 4.79 Å². The molecule has 0 amide bonds. The summed E-state index contributed by atoms with van der Waals surface area (Å²) in [6.07, 6.45) is 0. The molecule has 0 aromatic carbocycles. The van der Waals surface area contributed by atoms with Crippen molar-refractivity contribution in [1.29, 1.82) is 0 Å². The van der Waals surface area contributed by atoms with Gasteiger partial charge in [-0.2, -0.15) is 0 Å². The highest BCUT2D eigenvalue weighted by Gasteiger charge is 2.16. The third-order valence-corrected chi connectivity index (χ3v) is 3.50. The number of carboxylic acid groups (broad SMARTS) is 1. The molecule has 70 valence electrons. The molecule has 0 fully saturated rings. The van der Waals surface area contributed by atoms with Crippen LogP contribution in [-0.4, -0.2) is 16.1 Å². The van der Waals surface area contributed by atoms with E-state index in [1.807, 2.05) is 0 Å². The molecule has 0 spiro atoms. The predicted octanol–water partition coefficient (Wildman–Crippen LogP) is 2.20. The highest BCUT2D eigenvalue weighted by molar-refractivity contribution is 9.11. The third-order valence-electron chi connectivity index (χ3n) is 1.53. The van der Waals surface area contributed by atoms with Gasteiger partial charge in [-0.3, -0.25) is 0 Å². The van der Waals surface area contributed by atoms with Crippen LogP contribution < -0.4 is 5.73 Å². The normalized spacial score (nSPS) is 10.1. The summed E-state index contributed by atoms with van der Waals surface area (Å²) >= 11 is 6.34. The number of hydrogen-bond donors (Lipinski definition) is 2. The number of pyridine rings is 1. The molecule has 0 bridgehead atoms. The molecule has 0 saturated carbocycles. The number of carbonyl (C=O) groups is 1. The first-order valence-corrected chi connectivity index (χ1v) is 4.88. The Morgan fingerprint density at radius 1 is 1.46 bits per heavy atom. The molecule has 1 rings (SSSR count). The molecule has 1 aromatic rings. The van der Waals surface area contributed by atoms with Gasteiger partial charge in [-0.1, -0.05) is 0 Å². The zero-order valence-electron chi connectivity index (χ0n) is 6.64. The van der Waals surface area contributed by atoms with E-state index in [-0.39, 0.29) is 11.5 Å². The van der Waals surface area contributed by atoms with Crippen LogP contribution in [0.2, 0.25) is 0 Å². The Morgan fingerprint density at radius 2 is 2.00 bits per heavy atom. The highest BCUT2D eigenvalue weighted by Crippen LogP contribution is 2.30. The summed E-state index contributed by atoms with van der Waals surface area (Å²) in [4.78, 5) is 14.4. The molecule has 0 aliphatic carbocycles. The molecule has 0 atom stereocenters. The smallest absolute Gasteiger partial charge is 0.355 e. The topological polar surface area (TPSA) is 76.2 Å². The maximum Gasteiger partial charge on any atom is 0.355 e. The lowest BCUT2D eigenvalue weighted by molar-refractivity contribution is 0.0689. The van der Waals surface area contributed by atoms with E-state index in [2.05, 4.69) is 36.8 Å². The summed E-state index contributed by atoms with van der Waals surface area (Å²) in [7, 11) is 0. The molecule has 4 nitrogen and oxygen atoms in total. The van der Waals surface area contributed by atoms with Crippen LogP contribution in [0, 0.1) is 6.92 Å². The van der Waals surface area contributed by atoms with Gasteiger partial charge in [-0.15, -0.1) is 0 Å². The minimum atomic E-state index is -1.10. The van der Waals surface area contributed by atoms with Crippen LogP contribution in [0.25, 0.3) is 0 Å². The van der Waals surface area contributed by atoms with Crippen LogP contribution in [0.1, 0.15) is 16.1 Å². The maximum absolute atomic E-state index is 10.7. The van der Waals surface area contributed by atoms with Crippen molar-refractivity contribution in [3.05, 3.63) is 20.2 Å². The second-order valence-corrected chi connectivity index (χ2v) is 3.99. The monoisotopic (exact) mass is 308 g/mol. The average molecular weight is 310 g/mol. The molecule has 6 heteroatoms. The quantitative estimate of drug-likeness (QED) is 0.834. The van der Waals surface area contributed by atoms with E-state index in [0.717, 1.165) is 5.56 Å². The van der Waals surface area contributed by atoms with Crippen molar-refractivity contribution in [1.82, 2.24) is 4.98 Å². The van der Waals surface area contributed by atoms with Gasteiger partial charge >= 0.3 is 5.97 Å². The summed E-state index contributed by atoms with van der Waals surface area (Å²) < 4.78 is 1.06. The van der Waals surface area contributed by atoms with Crippen molar-refractivity contribution in [2.75, 3.05) is 5.73 Å². The van der Waals surface area contributed by atoms with E-state index in [1.165, 1.54) is 0 Å². The number of nitrogens with two attached hydrogens (primary N) is 1.